The number of aromatic nitrogens is 2. The lowest BCUT2D eigenvalue weighted by atomic mass is 10.3. The fourth-order valence-corrected chi connectivity index (χ4v) is 2.41. The lowest BCUT2D eigenvalue weighted by Gasteiger charge is -2.06. The van der Waals surface area contributed by atoms with Crippen LogP contribution in [0.5, 0.6) is 0 Å². The molecule has 0 bridgehead atoms. The number of carbonyl (C=O) groups excluding carboxylic acids is 1. The third-order valence-corrected chi connectivity index (χ3v) is 3.52. The van der Waals surface area contributed by atoms with Gasteiger partial charge in [0.25, 0.3) is 11.2 Å². The van der Waals surface area contributed by atoms with E-state index < -0.39 is 16.4 Å². The maximum atomic E-state index is 11.9. The Morgan fingerprint density at radius 3 is 2.81 bits per heavy atom. The van der Waals surface area contributed by atoms with Gasteiger partial charge in [0.15, 0.2) is 5.13 Å². The van der Waals surface area contributed by atoms with Gasteiger partial charge in [-0.25, -0.2) is 4.98 Å². The van der Waals surface area contributed by atoms with Gasteiger partial charge in [-0.3, -0.25) is 24.3 Å². The molecule has 2 aromatic rings. The van der Waals surface area contributed by atoms with Crippen LogP contribution >= 0.6 is 11.3 Å². The van der Waals surface area contributed by atoms with E-state index in [1.807, 2.05) is 0 Å². The van der Waals surface area contributed by atoms with Crippen LogP contribution in [-0.4, -0.2) is 20.4 Å². The monoisotopic (exact) mass is 308 g/mol. The second-order valence-corrected chi connectivity index (χ2v) is 5.27. The molecule has 0 spiro atoms. The molecule has 21 heavy (non-hydrogen) atoms. The van der Waals surface area contributed by atoms with Gasteiger partial charge >= 0.3 is 0 Å². The quantitative estimate of drug-likeness (QED) is 0.679. The van der Waals surface area contributed by atoms with Crippen LogP contribution in [0.3, 0.4) is 0 Å². The Hall–Kier alpha value is -2.55. The second-order valence-electron chi connectivity index (χ2n) is 4.41. The van der Waals surface area contributed by atoms with E-state index in [0.29, 0.717) is 5.13 Å². The molecule has 0 radical (unpaired) electrons. The Morgan fingerprint density at radius 1 is 1.52 bits per heavy atom. The Kier molecular flexibility index (Phi) is 4.13. The number of hydrogen-bond donors (Lipinski definition) is 1. The van der Waals surface area contributed by atoms with Gasteiger partial charge in [0.2, 0.25) is 5.91 Å². The lowest BCUT2D eigenvalue weighted by molar-refractivity contribution is -0.385. The summed E-state index contributed by atoms with van der Waals surface area (Å²) in [4.78, 5) is 38.0. The summed E-state index contributed by atoms with van der Waals surface area (Å²) in [5, 5.41) is 15.5. The summed E-state index contributed by atoms with van der Waals surface area (Å²) < 4.78 is 1.02. The molecule has 8 nitrogen and oxygen atoms in total. The summed E-state index contributed by atoms with van der Waals surface area (Å²) in [7, 11) is 0. The zero-order chi connectivity index (χ0) is 15.6. The van der Waals surface area contributed by atoms with Crippen molar-refractivity contribution < 1.29 is 9.72 Å². The molecule has 1 amide bonds. The molecule has 0 aliphatic carbocycles. The molecule has 0 aliphatic rings. The number of hydrogen-bond acceptors (Lipinski definition) is 6. The van der Waals surface area contributed by atoms with E-state index in [-0.39, 0.29) is 17.8 Å². The van der Waals surface area contributed by atoms with E-state index in [0.717, 1.165) is 16.5 Å². The standard InChI is InChI=1S/C12H12N4O4S/c1-7-3-9(16(19)20)4-15(11(7)18)5-10(17)14-12-13-8(2)6-21-12/h3-4,6H,5H2,1-2H3,(H,13,14,17). The van der Waals surface area contributed by atoms with Crippen LogP contribution in [0.2, 0.25) is 0 Å². The molecule has 0 saturated heterocycles. The van der Waals surface area contributed by atoms with Crippen molar-refractivity contribution in [3.8, 4) is 0 Å². The Morgan fingerprint density at radius 2 is 2.24 bits per heavy atom. The smallest absolute Gasteiger partial charge is 0.286 e. The maximum Gasteiger partial charge on any atom is 0.286 e. The van der Waals surface area contributed by atoms with E-state index in [9.17, 15) is 19.7 Å². The number of amides is 1. The highest BCUT2D eigenvalue weighted by molar-refractivity contribution is 7.13. The van der Waals surface area contributed by atoms with Crippen molar-refractivity contribution in [3.63, 3.8) is 0 Å². The van der Waals surface area contributed by atoms with Crippen molar-refractivity contribution in [1.82, 2.24) is 9.55 Å². The van der Waals surface area contributed by atoms with Crippen molar-refractivity contribution in [3.05, 3.63) is 49.4 Å². The third kappa shape index (κ3) is 3.51. The third-order valence-electron chi connectivity index (χ3n) is 2.64. The molecule has 0 saturated carbocycles. The number of rotatable bonds is 4. The first kappa shape index (κ1) is 14.9. The van der Waals surface area contributed by atoms with Crippen LogP contribution in [-0.2, 0) is 11.3 Å². The summed E-state index contributed by atoms with van der Waals surface area (Å²) in [5.74, 6) is -0.466. The predicted molar refractivity (Wildman–Crippen MR) is 77.6 cm³/mol. The van der Waals surface area contributed by atoms with Crippen LogP contribution in [0, 0.1) is 24.0 Å². The summed E-state index contributed by atoms with van der Waals surface area (Å²) in [6.45, 7) is 2.95. The molecule has 110 valence electrons. The number of thiazole rings is 1. The average molecular weight is 308 g/mol. The number of anilines is 1. The van der Waals surface area contributed by atoms with Crippen molar-refractivity contribution in [1.29, 1.82) is 0 Å². The summed E-state index contributed by atoms with van der Waals surface area (Å²) in [6.07, 6.45) is 1.06. The topological polar surface area (TPSA) is 107 Å². The van der Waals surface area contributed by atoms with Crippen LogP contribution in [0.4, 0.5) is 10.8 Å². The van der Waals surface area contributed by atoms with E-state index in [2.05, 4.69) is 10.3 Å². The average Bonchev–Trinajstić information content (AvgIpc) is 2.79. The molecular formula is C12H12N4O4S. The van der Waals surface area contributed by atoms with Gasteiger partial charge in [-0.15, -0.1) is 11.3 Å². The molecule has 0 unspecified atom stereocenters. The van der Waals surface area contributed by atoms with Gasteiger partial charge in [-0.05, 0) is 13.8 Å². The number of nitro groups is 1. The molecule has 2 aromatic heterocycles. The second kappa shape index (κ2) is 5.83. The Labute approximate surface area is 123 Å². The summed E-state index contributed by atoms with van der Waals surface area (Å²) >= 11 is 1.27. The van der Waals surface area contributed by atoms with Crippen LogP contribution in [0.25, 0.3) is 0 Å². The fraction of sp³-hybridized carbons (Fsp3) is 0.250. The van der Waals surface area contributed by atoms with E-state index in [1.165, 1.54) is 24.3 Å². The summed E-state index contributed by atoms with van der Waals surface area (Å²) in [6, 6.07) is 1.18. The largest absolute Gasteiger partial charge is 0.300 e. The zero-order valence-electron chi connectivity index (χ0n) is 11.3. The first-order valence-electron chi connectivity index (χ1n) is 5.94. The fourth-order valence-electron chi connectivity index (χ4n) is 1.71. The van der Waals surface area contributed by atoms with Gasteiger partial charge in [0.05, 0.1) is 16.8 Å². The SMILES string of the molecule is Cc1csc(NC(=O)Cn2cc([N+](=O)[O-])cc(C)c2=O)n1. The zero-order valence-corrected chi connectivity index (χ0v) is 12.1. The number of carbonyl (C=O) groups is 1. The molecule has 0 atom stereocenters. The molecule has 1 N–H and O–H groups in total. The predicted octanol–water partition coefficient (Wildman–Crippen LogP) is 1.47. The Balaban J connectivity index is 2.20. The first-order valence-corrected chi connectivity index (χ1v) is 6.82. The highest BCUT2D eigenvalue weighted by Gasteiger charge is 2.14. The molecule has 0 fully saturated rings. The minimum Gasteiger partial charge on any atom is -0.300 e. The van der Waals surface area contributed by atoms with Crippen molar-refractivity contribution in [2.45, 2.75) is 20.4 Å². The number of aryl methyl sites for hydroxylation is 2. The van der Waals surface area contributed by atoms with Gasteiger partial charge < -0.3 is 5.32 Å². The van der Waals surface area contributed by atoms with E-state index in [1.54, 1.807) is 12.3 Å². The van der Waals surface area contributed by atoms with E-state index >= 15 is 0 Å². The van der Waals surface area contributed by atoms with Gasteiger partial charge in [0.1, 0.15) is 6.54 Å². The molecular weight excluding hydrogens is 296 g/mol. The Bertz CT molecular complexity index is 765. The van der Waals surface area contributed by atoms with Gasteiger partial charge in [-0.2, -0.15) is 0 Å². The maximum absolute atomic E-state index is 11.9. The highest BCUT2D eigenvalue weighted by Crippen LogP contribution is 2.14. The first-order chi connectivity index (χ1) is 9.86. The molecule has 0 aliphatic heterocycles. The van der Waals surface area contributed by atoms with Crippen LogP contribution in [0.1, 0.15) is 11.3 Å². The normalized spacial score (nSPS) is 10.4. The minimum atomic E-state index is -0.606. The summed E-state index contributed by atoms with van der Waals surface area (Å²) in [5.41, 5.74) is 0.316. The lowest BCUT2D eigenvalue weighted by Crippen LogP contribution is -2.28. The molecule has 0 aromatic carbocycles. The number of nitrogens with zero attached hydrogens (tertiary/aromatic N) is 3. The van der Waals surface area contributed by atoms with Crippen molar-refractivity contribution >= 4 is 28.1 Å². The molecule has 2 heterocycles. The van der Waals surface area contributed by atoms with Crippen LogP contribution in [0.15, 0.2) is 22.4 Å². The van der Waals surface area contributed by atoms with Gasteiger partial charge in [0, 0.05) is 17.0 Å². The minimum absolute atomic E-state index is 0.210. The molecule has 9 heteroatoms. The van der Waals surface area contributed by atoms with Gasteiger partial charge in [-0.1, -0.05) is 0 Å². The van der Waals surface area contributed by atoms with Crippen molar-refractivity contribution in [2.24, 2.45) is 0 Å². The number of pyridine rings is 1. The highest BCUT2D eigenvalue weighted by atomic mass is 32.1. The molecule has 2 rings (SSSR count). The van der Waals surface area contributed by atoms with Crippen LogP contribution < -0.4 is 10.9 Å². The number of nitrogens with one attached hydrogen (secondary N) is 1. The van der Waals surface area contributed by atoms with Crippen molar-refractivity contribution in [2.75, 3.05) is 5.32 Å². The van der Waals surface area contributed by atoms with E-state index in [4.69, 9.17) is 0 Å².